The molecule has 0 radical (unpaired) electrons. The zero-order chi connectivity index (χ0) is 31.4. The number of carbonyl (C=O) groups is 2. The zero-order valence-electron chi connectivity index (χ0n) is 27.0. The van der Waals surface area contributed by atoms with Gasteiger partial charge in [0.05, 0.1) is 13.8 Å². The number of amides is 2. The average Bonchev–Trinajstić information content (AvgIpc) is 3.61. The summed E-state index contributed by atoms with van der Waals surface area (Å²) in [5.41, 5.74) is 6.06. The number of rotatable bonds is 13. The maximum absolute atomic E-state index is 13.5. The quantitative estimate of drug-likeness (QED) is 0.197. The minimum absolute atomic E-state index is 0.0573. The monoisotopic (exact) mass is 604 g/mol. The summed E-state index contributed by atoms with van der Waals surface area (Å²) in [6.45, 7) is 17.9. The molecular formula is C34H48N4O4Si. The normalized spacial score (nSPS) is 16.2. The second kappa shape index (κ2) is 13.5. The van der Waals surface area contributed by atoms with Crippen LogP contribution in [-0.4, -0.2) is 41.6 Å². The van der Waals surface area contributed by atoms with Crippen LogP contribution in [0.3, 0.4) is 0 Å². The number of alkyl carbamates (subject to hydrolysis) is 1. The van der Waals surface area contributed by atoms with E-state index >= 15 is 0 Å². The van der Waals surface area contributed by atoms with Gasteiger partial charge < -0.3 is 20.1 Å². The van der Waals surface area contributed by atoms with Crippen LogP contribution >= 0.6 is 0 Å². The number of aryl methyl sites for hydroxylation is 1. The molecule has 232 valence electrons. The van der Waals surface area contributed by atoms with Crippen molar-refractivity contribution in [3.63, 3.8) is 0 Å². The van der Waals surface area contributed by atoms with Gasteiger partial charge in [0, 0.05) is 22.7 Å². The third-order valence-corrected chi connectivity index (χ3v) is 11.4. The van der Waals surface area contributed by atoms with Crippen molar-refractivity contribution in [2.45, 2.75) is 98.6 Å². The number of aromatic nitrogens is 2. The van der Waals surface area contributed by atoms with E-state index in [1.165, 1.54) is 0 Å². The molecule has 1 aromatic heterocycles. The lowest BCUT2D eigenvalue weighted by Gasteiger charge is -2.26. The third kappa shape index (κ3) is 8.80. The van der Waals surface area contributed by atoms with Crippen molar-refractivity contribution in [3.05, 3.63) is 71.5 Å². The maximum Gasteiger partial charge on any atom is 0.408 e. The molecule has 0 aliphatic heterocycles. The van der Waals surface area contributed by atoms with Gasteiger partial charge >= 0.3 is 6.09 Å². The summed E-state index contributed by atoms with van der Waals surface area (Å²) in [5.74, 6) is -0.312. The highest BCUT2D eigenvalue weighted by atomic mass is 28.3. The first-order chi connectivity index (χ1) is 20.3. The molecule has 0 unspecified atom stereocenters. The molecule has 1 aliphatic rings. The number of hydrogen-bond acceptors (Lipinski definition) is 5. The Balaban J connectivity index is 1.42. The highest BCUT2D eigenvalue weighted by molar-refractivity contribution is 6.77. The Labute approximate surface area is 257 Å². The van der Waals surface area contributed by atoms with E-state index in [1.807, 2.05) is 73.1 Å². The largest absolute Gasteiger partial charge is 0.445 e. The third-order valence-electron chi connectivity index (χ3n) is 8.74. The Hall–Kier alpha value is -3.43. The van der Waals surface area contributed by atoms with E-state index < -0.39 is 20.2 Å². The molecule has 1 heterocycles. The first kappa shape index (κ1) is 32.5. The fourth-order valence-corrected chi connectivity index (χ4v) is 5.86. The highest BCUT2D eigenvalue weighted by Gasteiger charge is 2.41. The molecule has 3 aromatic rings. The Morgan fingerprint density at radius 3 is 2.28 bits per heavy atom. The Kier molecular flexibility index (Phi) is 10.2. The van der Waals surface area contributed by atoms with Crippen LogP contribution in [0.25, 0.3) is 11.1 Å². The van der Waals surface area contributed by atoms with E-state index in [0.717, 1.165) is 47.3 Å². The zero-order valence-corrected chi connectivity index (χ0v) is 28.0. The first-order valence-corrected chi connectivity index (χ1v) is 18.9. The fraction of sp³-hybridized carbons (Fsp3) is 0.500. The molecule has 0 bridgehead atoms. The van der Waals surface area contributed by atoms with Gasteiger partial charge in [0.2, 0.25) is 5.91 Å². The SMILES string of the molecule is Cc1nn(CO[C@H](C)[Si](C)(C)C)c(C)c1-c1ccc(NC(=O)[C@@H](NC(=O)OCc2ccccc2)[C@@H](C)CC2(C)CC2)cc1. The molecule has 9 heteroatoms. The van der Waals surface area contributed by atoms with Crippen molar-refractivity contribution in [1.29, 1.82) is 0 Å². The number of anilines is 1. The van der Waals surface area contributed by atoms with Crippen LogP contribution in [-0.2, 0) is 27.6 Å². The Morgan fingerprint density at radius 1 is 1.02 bits per heavy atom. The van der Waals surface area contributed by atoms with Crippen LogP contribution < -0.4 is 10.6 Å². The van der Waals surface area contributed by atoms with Crippen LogP contribution in [0.5, 0.6) is 0 Å². The number of benzene rings is 2. The van der Waals surface area contributed by atoms with Gasteiger partial charge in [-0.15, -0.1) is 0 Å². The number of nitrogens with zero attached hydrogens (tertiary/aromatic N) is 2. The lowest BCUT2D eigenvalue weighted by atomic mass is 9.88. The Bertz CT molecular complexity index is 1390. The predicted molar refractivity (Wildman–Crippen MR) is 174 cm³/mol. The molecule has 2 amide bonds. The number of hydrogen-bond donors (Lipinski definition) is 2. The van der Waals surface area contributed by atoms with E-state index in [2.05, 4.69) is 51.0 Å². The van der Waals surface area contributed by atoms with Crippen molar-refractivity contribution < 1.29 is 19.1 Å². The smallest absolute Gasteiger partial charge is 0.408 e. The van der Waals surface area contributed by atoms with Crippen molar-refractivity contribution in [2.75, 3.05) is 5.32 Å². The second-order valence-corrected chi connectivity index (χ2v) is 19.1. The Morgan fingerprint density at radius 2 is 1.67 bits per heavy atom. The fourth-order valence-electron chi connectivity index (χ4n) is 5.28. The molecule has 4 rings (SSSR count). The summed E-state index contributed by atoms with van der Waals surface area (Å²) in [7, 11) is -1.40. The van der Waals surface area contributed by atoms with Crippen molar-refractivity contribution in [3.8, 4) is 11.1 Å². The summed E-state index contributed by atoms with van der Waals surface area (Å²) < 4.78 is 13.5. The van der Waals surface area contributed by atoms with Crippen molar-refractivity contribution >= 4 is 25.8 Å². The number of ether oxygens (including phenoxy) is 2. The number of carbonyl (C=O) groups excluding carboxylic acids is 2. The molecule has 2 N–H and O–H groups in total. The first-order valence-electron chi connectivity index (χ1n) is 15.3. The molecule has 0 saturated heterocycles. The van der Waals surface area contributed by atoms with E-state index in [-0.39, 0.29) is 29.6 Å². The lowest BCUT2D eigenvalue weighted by Crippen LogP contribution is -2.48. The van der Waals surface area contributed by atoms with E-state index in [9.17, 15) is 9.59 Å². The summed E-state index contributed by atoms with van der Waals surface area (Å²) in [6.07, 6.45) is 2.54. The second-order valence-electron chi connectivity index (χ2n) is 13.6. The molecule has 0 spiro atoms. The summed E-state index contributed by atoms with van der Waals surface area (Å²) in [6, 6.07) is 16.6. The average molecular weight is 605 g/mol. The van der Waals surface area contributed by atoms with Gasteiger partial charge in [-0.25, -0.2) is 9.48 Å². The molecule has 43 heavy (non-hydrogen) atoms. The summed E-state index contributed by atoms with van der Waals surface area (Å²) in [4.78, 5) is 26.3. The van der Waals surface area contributed by atoms with Gasteiger partial charge in [0.15, 0.2) is 0 Å². The molecule has 1 aliphatic carbocycles. The predicted octanol–water partition coefficient (Wildman–Crippen LogP) is 7.47. The van der Waals surface area contributed by atoms with E-state index in [1.54, 1.807) is 0 Å². The van der Waals surface area contributed by atoms with Gasteiger partial charge in [0.1, 0.15) is 19.4 Å². The van der Waals surface area contributed by atoms with Gasteiger partial charge in [-0.05, 0) is 74.6 Å². The van der Waals surface area contributed by atoms with Crippen LogP contribution in [0.4, 0.5) is 10.5 Å². The van der Waals surface area contributed by atoms with E-state index in [4.69, 9.17) is 14.6 Å². The van der Waals surface area contributed by atoms with Crippen LogP contribution in [0.1, 0.15) is 57.0 Å². The number of nitrogens with one attached hydrogen (secondary N) is 2. The molecule has 8 nitrogen and oxygen atoms in total. The summed E-state index contributed by atoms with van der Waals surface area (Å²) in [5, 5.41) is 10.6. The molecule has 1 fully saturated rings. The van der Waals surface area contributed by atoms with Gasteiger partial charge in [0.25, 0.3) is 0 Å². The van der Waals surface area contributed by atoms with Gasteiger partial charge in [-0.1, -0.05) is 76.0 Å². The summed E-state index contributed by atoms with van der Waals surface area (Å²) >= 11 is 0. The minimum Gasteiger partial charge on any atom is -0.445 e. The van der Waals surface area contributed by atoms with Crippen molar-refractivity contribution in [1.82, 2.24) is 15.1 Å². The van der Waals surface area contributed by atoms with Crippen LogP contribution in [0.15, 0.2) is 54.6 Å². The van der Waals surface area contributed by atoms with Crippen LogP contribution in [0, 0.1) is 25.2 Å². The highest BCUT2D eigenvalue weighted by Crippen LogP contribution is 2.50. The van der Waals surface area contributed by atoms with Crippen molar-refractivity contribution in [2.24, 2.45) is 11.3 Å². The molecule has 1 saturated carbocycles. The molecule has 2 aromatic carbocycles. The standard InChI is InChI=1S/C34H48N4O4Si/c1-23(20-34(5)18-19-34)31(36-33(40)41-21-27-12-10-9-11-13-27)32(39)35-29-16-14-28(15-17-29)30-24(2)37-38(25(30)3)22-42-26(4)43(6,7)8/h9-17,23,26,31H,18-22H2,1-8H3,(H,35,39)(H,36,40)/t23-,26-,31-/m0/s1. The van der Waals surface area contributed by atoms with Gasteiger partial charge in [-0.2, -0.15) is 5.10 Å². The minimum atomic E-state index is -1.40. The molecular weight excluding hydrogens is 556 g/mol. The lowest BCUT2D eigenvalue weighted by molar-refractivity contribution is -0.119. The van der Waals surface area contributed by atoms with E-state index in [0.29, 0.717) is 12.4 Å². The molecule has 3 atom stereocenters. The topological polar surface area (TPSA) is 94.5 Å². The maximum atomic E-state index is 13.5. The van der Waals surface area contributed by atoms with Gasteiger partial charge in [-0.3, -0.25) is 4.79 Å². The van der Waals surface area contributed by atoms with Crippen LogP contribution in [0.2, 0.25) is 19.6 Å².